The van der Waals surface area contributed by atoms with Crippen molar-refractivity contribution in [2.24, 2.45) is 0 Å². The van der Waals surface area contributed by atoms with Gasteiger partial charge in [0.1, 0.15) is 11.6 Å². The smallest absolute Gasteiger partial charge is 0.227 e. The molecule has 2 saturated heterocycles. The lowest BCUT2D eigenvalue weighted by Crippen LogP contribution is -2.56. The highest BCUT2D eigenvalue weighted by Gasteiger charge is 2.49. The fraction of sp³-hybridized carbons (Fsp3) is 0.375. The summed E-state index contributed by atoms with van der Waals surface area (Å²) in [5.74, 6) is -0.476. The minimum Gasteiger partial charge on any atom is -0.361 e. The second kappa shape index (κ2) is 7.20. The van der Waals surface area contributed by atoms with Gasteiger partial charge in [0, 0.05) is 48.3 Å². The first-order valence-electron chi connectivity index (χ1n) is 10.5. The standard InChI is InChI=1S/C24H25F2N3O/c1-16-13-24(8-7-23(30)29(24)20-4-2-3-18(25)11-20)9-10-28(16)15-17-14-27-22-12-19(26)5-6-21(17)22/h2-6,11-12,14,16,27H,7-10,13,15H2,1H3. The zero-order valence-corrected chi connectivity index (χ0v) is 17.0. The number of rotatable bonds is 3. The zero-order chi connectivity index (χ0) is 20.9. The summed E-state index contributed by atoms with van der Waals surface area (Å²) in [6.07, 6.45) is 4.99. The molecule has 2 aromatic carbocycles. The molecule has 0 saturated carbocycles. The number of nitrogens with zero attached hydrogens (tertiary/aromatic N) is 2. The van der Waals surface area contributed by atoms with Crippen molar-refractivity contribution in [3.8, 4) is 0 Å². The number of benzene rings is 2. The van der Waals surface area contributed by atoms with E-state index in [4.69, 9.17) is 0 Å². The van der Waals surface area contributed by atoms with E-state index in [0.29, 0.717) is 12.1 Å². The first-order chi connectivity index (χ1) is 14.4. The Balaban J connectivity index is 1.37. The van der Waals surface area contributed by atoms with Gasteiger partial charge < -0.3 is 9.88 Å². The normalized spacial score (nSPS) is 25.0. The van der Waals surface area contributed by atoms with Gasteiger partial charge in [-0.3, -0.25) is 9.69 Å². The number of carbonyl (C=O) groups excluding carboxylic acids is 1. The molecule has 2 fully saturated rings. The van der Waals surface area contributed by atoms with E-state index in [1.54, 1.807) is 6.07 Å². The van der Waals surface area contributed by atoms with Crippen LogP contribution in [-0.4, -0.2) is 33.9 Å². The van der Waals surface area contributed by atoms with E-state index in [2.05, 4.69) is 16.8 Å². The summed E-state index contributed by atoms with van der Waals surface area (Å²) in [5.41, 5.74) is 2.38. The van der Waals surface area contributed by atoms with Gasteiger partial charge in [0.25, 0.3) is 0 Å². The maximum atomic E-state index is 13.8. The van der Waals surface area contributed by atoms with E-state index in [1.165, 1.54) is 24.3 Å². The van der Waals surface area contributed by atoms with E-state index in [1.807, 2.05) is 23.2 Å². The van der Waals surface area contributed by atoms with Crippen molar-refractivity contribution in [2.75, 3.05) is 11.4 Å². The van der Waals surface area contributed by atoms with Crippen LogP contribution in [0.15, 0.2) is 48.7 Å². The van der Waals surface area contributed by atoms with Crippen LogP contribution in [0, 0.1) is 11.6 Å². The molecule has 2 aliphatic heterocycles. The number of piperidine rings is 1. The lowest BCUT2D eigenvalue weighted by molar-refractivity contribution is -0.117. The van der Waals surface area contributed by atoms with Gasteiger partial charge in [0.15, 0.2) is 0 Å². The molecule has 0 aliphatic carbocycles. The molecular weight excluding hydrogens is 384 g/mol. The first kappa shape index (κ1) is 19.2. The van der Waals surface area contributed by atoms with E-state index in [-0.39, 0.29) is 29.1 Å². The third-order valence-corrected chi connectivity index (χ3v) is 6.86. The molecule has 4 nitrogen and oxygen atoms in total. The molecule has 1 N–H and O–H groups in total. The minimum atomic E-state index is -0.316. The largest absolute Gasteiger partial charge is 0.361 e. The number of aromatic amines is 1. The molecule has 156 valence electrons. The average Bonchev–Trinajstić information content (AvgIpc) is 3.24. The van der Waals surface area contributed by atoms with Crippen LogP contribution in [0.4, 0.5) is 14.5 Å². The summed E-state index contributed by atoms with van der Waals surface area (Å²) >= 11 is 0. The maximum absolute atomic E-state index is 13.8. The second-order valence-corrected chi connectivity index (χ2v) is 8.71. The molecule has 2 unspecified atom stereocenters. The number of amides is 1. The third-order valence-electron chi connectivity index (χ3n) is 6.86. The van der Waals surface area contributed by atoms with Crippen LogP contribution in [0.1, 0.15) is 38.2 Å². The highest BCUT2D eigenvalue weighted by molar-refractivity contribution is 5.97. The summed E-state index contributed by atoms with van der Waals surface area (Å²) in [6.45, 7) is 3.83. The Bertz CT molecular complexity index is 1110. The Kier molecular flexibility index (Phi) is 4.62. The molecule has 2 aliphatic rings. The van der Waals surface area contributed by atoms with Gasteiger partial charge in [-0.25, -0.2) is 8.78 Å². The number of hydrogen-bond acceptors (Lipinski definition) is 2. The Hall–Kier alpha value is -2.73. The van der Waals surface area contributed by atoms with Crippen LogP contribution in [0.25, 0.3) is 10.9 Å². The van der Waals surface area contributed by atoms with Crippen LogP contribution in [-0.2, 0) is 11.3 Å². The fourth-order valence-corrected chi connectivity index (χ4v) is 5.39. The molecule has 1 aromatic heterocycles. The van der Waals surface area contributed by atoms with Gasteiger partial charge in [0.05, 0.1) is 5.54 Å². The first-order valence-corrected chi connectivity index (χ1v) is 10.5. The Morgan fingerprint density at radius 1 is 1.13 bits per heavy atom. The summed E-state index contributed by atoms with van der Waals surface area (Å²) in [5, 5.41) is 1.04. The van der Waals surface area contributed by atoms with Crippen molar-refractivity contribution < 1.29 is 13.6 Å². The van der Waals surface area contributed by atoms with E-state index in [0.717, 1.165) is 48.8 Å². The molecule has 6 heteroatoms. The number of H-pyrrole nitrogens is 1. The van der Waals surface area contributed by atoms with Crippen LogP contribution >= 0.6 is 0 Å². The van der Waals surface area contributed by atoms with E-state index < -0.39 is 0 Å². The van der Waals surface area contributed by atoms with Gasteiger partial charge in [-0.15, -0.1) is 0 Å². The van der Waals surface area contributed by atoms with Gasteiger partial charge in [0.2, 0.25) is 5.91 Å². The van der Waals surface area contributed by atoms with Crippen molar-refractivity contribution in [3.05, 3.63) is 65.9 Å². The van der Waals surface area contributed by atoms with Crippen molar-refractivity contribution in [2.45, 2.75) is 50.7 Å². The predicted molar refractivity (Wildman–Crippen MR) is 113 cm³/mol. The van der Waals surface area contributed by atoms with Crippen LogP contribution in [0.3, 0.4) is 0 Å². The highest BCUT2D eigenvalue weighted by atomic mass is 19.1. The van der Waals surface area contributed by atoms with Crippen LogP contribution in [0.5, 0.6) is 0 Å². The van der Waals surface area contributed by atoms with Crippen molar-refractivity contribution in [1.82, 2.24) is 9.88 Å². The molecule has 3 aromatic rings. The van der Waals surface area contributed by atoms with E-state index in [9.17, 15) is 13.6 Å². The van der Waals surface area contributed by atoms with Crippen LogP contribution in [0.2, 0.25) is 0 Å². The summed E-state index contributed by atoms with van der Waals surface area (Å²) in [6, 6.07) is 11.5. The third kappa shape index (κ3) is 3.19. The Morgan fingerprint density at radius 3 is 2.77 bits per heavy atom. The Morgan fingerprint density at radius 2 is 1.97 bits per heavy atom. The number of anilines is 1. The van der Waals surface area contributed by atoms with E-state index >= 15 is 0 Å². The summed E-state index contributed by atoms with van der Waals surface area (Å²) < 4.78 is 27.3. The van der Waals surface area contributed by atoms with Crippen molar-refractivity contribution >= 4 is 22.5 Å². The lowest BCUT2D eigenvalue weighted by Gasteiger charge is -2.48. The van der Waals surface area contributed by atoms with Crippen LogP contribution < -0.4 is 4.90 Å². The number of fused-ring (bicyclic) bond motifs is 1. The topological polar surface area (TPSA) is 39.3 Å². The number of halogens is 2. The Labute approximate surface area is 174 Å². The molecule has 30 heavy (non-hydrogen) atoms. The van der Waals surface area contributed by atoms with Gasteiger partial charge >= 0.3 is 0 Å². The quantitative estimate of drug-likeness (QED) is 0.662. The zero-order valence-electron chi connectivity index (χ0n) is 17.0. The summed E-state index contributed by atoms with van der Waals surface area (Å²) in [4.78, 5) is 20.2. The predicted octanol–water partition coefficient (Wildman–Crippen LogP) is 5.00. The van der Waals surface area contributed by atoms with Crippen molar-refractivity contribution in [3.63, 3.8) is 0 Å². The molecule has 0 radical (unpaired) electrons. The second-order valence-electron chi connectivity index (χ2n) is 8.71. The average molecular weight is 409 g/mol. The van der Waals surface area contributed by atoms with Gasteiger partial charge in [-0.1, -0.05) is 6.07 Å². The number of nitrogens with one attached hydrogen (secondary N) is 1. The molecule has 5 rings (SSSR count). The summed E-state index contributed by atoms with van der Waals surface area (Å²) in [7, 11) is 0. The van der Waals surface area contributed by atoms with Crippen molar-refractivity contribution in [1.29, 1.82) is 0 Å². The molecule has 1 amide bonds. The molecular formula is C24H25F2N3O. The highest BCUT2D eigenvalue weighted by Crippen LogP contribution is 2.44. The molecule has 3 heterocycles. The molecule has 2 atom stereocenters. The molecule has 1 spiro atoms. The molecule has 0 bridgehead atoms. The number of likely N-dealkylation sites (tertiary alicyclic amines) is 1. The number of hydrogen-bond donors (Lipinski definition) is 1. The lowest BCUT2D eigenvalue weighted by atomic mass is 9.81. The number of aromatic nitrogens is 1. The fourth-order valence-electron chi connectivity index (χ4n) is 5.39. The maximum Gasteiger partial charge on any atom is 0.227 e. The van der Waals surface area contributed by atoms with Gasteiger partial charge in [-0.2, -0.15) is 0 Å². The monoisotopic (exact) mass is 409 g/mol. The minimum absolute atomic E-state index is 0.0832. The SMILES string of the molecule is CC1CC2(CCC(=O)N2c2cccc(F)c2)CCN1Cc1c[nH]c2cc(F)ccc12. The number of carbonyl (C=O) groups is 1. The van der Waals surface area contributed by atoms with Gasteiger partial charge in [-0.05, 0) is 68.1 Å².